The number of aliphatic hydroxyl groups excluding tert-OH is 2. The maximum absolute atomic E-state index is 12.9. The van der Waals surface area contributed by atoms with Gasteiger partial charge in [0.15, 0.2) is 23.6 Å². The molecule has 0 aromatic carbocycles. The number of H-pyrrole nitrogens is 1. The number of fused-ring (bicyclic) bond motifs is 3. The van der Waals surface area contributed by atoms with Crippen LogP contribution in [0.5, 0.6) is 0 Å². The average molecular weight is 838 g/mol. The van der Waals surface area contributed by atoms with Crippen molar-refractivity contribution in [3.8, 4) is 0 Å². The summed E-state index contributed by atoms with van der Waals surface area (Å²) < 4.78 is 59.6. The number of ether oxygens (including phenoxy) is 2. The maximum atomic E-state index is 12.9. The van der Waals surface area contributed by atoms with Crippen LogP contribution in [0.3, 0.4) is 0 Å². The van der Waals surface area contributed by atoms with Gasteiger partial charge in [-0.1, -0.05) is 41.5 Å². The van der Waals surface area contributed by atoms with Crippen molar-refractivity contribution in [1.82, 2.24) is 38.9 Å². The van der Waals surface area contributed by atoms with Crippen molar-refractivity contribution in [2.45, 2.75) is 90.6 Å². The SMILES string of the molecule is CCN(CC)CC.CCN(CC)CC.Nc1ccn([C@@H]2O[C@@H]3COP(=O)(O)O[C@H]4[C@@H](O)[C@H](n5cnc6c(=O)[nH]cnc65)O[C@@H]4COP(=O)(O)O[C@H]3[C@H]2O)c(=O)n1. The van der Waals surface area contributed by atoms with E-state index in [0.29, 0.717) is 0 Å². The van der Waals surface area contributed by atoms with Crippen molar-refractivity contribution < 1.29 is 56.7 Å². The van der Waals surface area contributed by atoms with Crippen molar-refractivity contribution in [2.75, 3.05) is 58.2 Å². The van der Waals surface area contributed by atoms with Crippen molar-refractivity contribution in [3.05, 3.63) is 45.8 Å². The molecule has 3 saturated heterocycles. The number of hydrogen-bond donors (Lipinski definition) is 6. The lowest BCUT2D eigenvalue weighted by Gasteiger charge is -2.27. The third-order valence-corrected chi connectivity index (χ3v) is 11.4. The molecule has 25 heteroatoms. The Hall–Kier alpha value is -2.99. The highest BCUT2D eigenvalue weighted by Crippen LogP contribution is 2.53. The number of nitrogen functional groups attached to an aromatic ring is 1. The van der Waals surface area contributed by atoms with E-state index in [2.05, 4.69) is 71.3 Å². The first-order valence-corrected chi connectivity index (χ1v) is 21.2. The van der Waals surface area contributed by atoms with Gasteiger partial charge in [0.05, 0.1) is 25.9 Å². The molecular formula is C31H53N9O14P2. The van der Waals surface area contributed by atoms with Gasteiger partial charge in [-0.3, -0.25) is 32.0 Å². The Bertz CT molecular complexity index is 1900. The van der Waals surface area contributed by atoms with Gasteiger partial charge in [0.25, 0.3) is 5.56 Å². The van der Waals surface area contributed by atoms with Crippen molar-refractivity contribution in [1.29, 1.82) is 0 Å². The standard InChI is InChI=1S/C19H23N7O14P2.2C6H15N/c20-9-1-2-25(19(30)24-9)17-11(27)13-7(37-17)3-35-42(33,34)40-14-8(4-36-41(31,32)39-13)38-18(12(14)28)26-6-23-10-15(26)21-5-22-16(10)29;2*1-4-7(5-2)6-3/h1-2,5-8,11-14,17-18,27-28H,3-4H2,(H,31,32)(H,33,34)(H2,20,24,30)(H,21,22,29);2*4-6H2,1-3H3/t7-,8-,11-,12-,13-,14-,17-,18-;;/m1../s1. The van der Waals surface area contributed by atoms with Crippen LogP contribution in [-0.2, 0) is 36.7 Å². The molecule has 0 aliphatic carbocycles. The molecule has 6 rings (SSSR count). The zero-order valence-corrected chi connectivity index (χ0v) is 33.8. The fraction of sp³-hybridized carbons (Fsp3) is 0.710. The Balaban J connectivity index is 0.000000425. The van der Waals surface area contributed by atoms with E-state index in [4.69, 9.17) is 33.3 Å². The van der Waals surface area contributed by atoms with E-state index in [1.165, 1.54) is 45.3 Å². The summed E-state index contributed by atoms with van der Waals surface area (Å²) in [6, 6.07) is 1.23. The van der Waals surface area contributed by atoms with Crippen LogP contribution in [0.2, 0.25) is 0 Å². The Kier molecular flexibility index (Phi) is 16.4. The first kappa shape index (κ1) is 45.7. The number of imidazole rings is 1. The summed E-state index contributed by atoms with van der Waals surface area (Å²) in [5, 5.41) is 21.9. The summed E-state index contributed by atoms with van der Waals surface area (Å²) in [5.41, 5.74) is 3.86. The number of aromatic amines is 1. The Morgan fingerprint density at radius 3 is 1.70 bits per heavy atom. The van der Waals surface area contributed by atoms with Crippen LogP contribution in [-0.4, -0.2) is 148 Å². The smallest absolute Gasteiger partial charge is 0.386 e. The minimum atomic E-state index is -5.05. The molecule has 0 spiro atoms. The fourth-order valence-corrected chi connectivity index (χ4v) is 8.07. The Labute approximate surface area is 322 Å². The molecule has 7 N–H and O–H groups in total. The molecule has 3 aliphatic heterocycles. The number of nitrogens with zero attached hydrogens (tertiary/aromatic N) is 7. The minimum Gasteiger partial charge on any atom is -0.386 e. The topological polar surface area (TPSA) is 301 Å². The number of phosphoric ester groups is 2. The molecule has 0 amide bonds. The highest BCUT2D eigenvalue weighted by Gasteiger charge is 2.54. The van der Waals surface area contributed by atoms with Gasteiger partial charge in [-0.15, -0.1) is 0 Å². The lowest BCUT2D eigenvalue weighted by Crippen LogP contribution is -2.39. The number of nitrogens with two attached hydrogens (primary N) is 1. The molecule has 56 heavy (non-hydrogen) atoms. The van der Waals surface area contributed by atoms with Gasteiger partial charge in [-0.05, 0) is 45.3 Å². The zero-order chi connectivity index (χ0) is 41.4. The molecular weight excluding hydrogens is 784 g/mol. The quantitative estimate of drug-likeness (QED) is 0.165. The first-order chi connectivity index (χ1) is 26.5. The van der Waals surface area contributed by atoms with E-state index in [1.807, 2.05) is 0 Å². The first-order valence-electron chi connectivity index (χ1n) is 18.2. The van der Waals surface area contributed by atoms with E-state index in [-0.39, 0.29) is 17.0 Å². The molecule has 3 aliphatic rings. The molecule has 10 atom stereocenters. The largest absolute Gasteiger partial charge is 0.472 e. The molecule has 0 bridgehead atoms. The number of phosphoric acid groups is 2. The lowest BCUT2D eigenvalue weighted by atomic mass is 10.1. The number of nitrogens with one attached hydrogen (secondary N) is 1. The monoisotopic (exact) mass is 837 g/mol. The molecule has 0 radical (unpaired) electrons. The van der Waals surface area contributed by atoms with Gasteiger partial charge >= 0.3 is 21.3 Å². The normalized spacial score (nSPS) is 32.1. The van der Waals surface area contributed by atoms with E-state index >= 15 is 0 Å². The summed E-state index contributed by atoms with van der Waals surface area (Å²) in [6.45, 7) is 18.5. The highest BCUT2D eigenvalue weighted by atomic mass is 31.2. The fourth-order valence-electron chi connectivity index (χ4n) is 6.14. The molecule has 2 unspecified atom stereocenters. The van der Waals surface area contributed by atoms with Crippen molar-refractivity contribution >= 4 is 32.6 Å². The van der Waals surface area contributed by atoms with Gasteiger partial charge < -0.3 is 50.0 Å². The van der Waals surface area contributed by atoms with Gasteiger partial charge in [-0.25, -0.2) is 23.9 Å². The molecule has 3 aromatic rings. The van der Waals surface area contributed by atoms with Gasteiger partial charge in [0, 0.05) is 6.20 Å². The lowest BCUT2D eigenvalue weighted by molar-refractivity contribution is -0.0675. The third kappa shape index (κ3) is 11.1. The van der Waals surface area contributed by atoms with E-state index in [1.54, 1.807) is 0 Å². The van der Waals surface area contributed by atoms with Crippen LogP contribution in [0.4, 0.5) is 5.82 Å². The second-order valence-corrected chi connectivity index (χ2v) is 15.4. The zero-order valence-electron chi connectivity index (χ0n) is 32.1. The average Bonchev–Trinajstić information content (AvgIpc) is 3.82. The Morgan fingerprint density at radius 2 is 1.27 bits per heavy atom. The molecule has 3 fully saturated rings. The predicted octanol–water partition coefficient (Wildman–Crippen LogP) is 0.190. The molecule has 3 aromatic heterocycles. The predicted molar refractivity (Wildman–Crippen MR) is 199 cm³/mol. The highest BCUT2D eigenvalue weighted by molar-refractivity contribution is 7.47. The van der Waals surface area contributed by atoms with Crippen LogP contribution >= 0.6 is 15.6 Å². The van der Waals surface area contributed by atoms with Crippen molar-refractivity contribution in [2.24, 2.45) is 0 Å². The molecule has 23 nitrogen and oxygen atoms in total. The Morgan fingerprint density at radius 1 is 0.804 bits per heavy atom. The van der Waals surface area contributed by atoms with Crippen LogP contribution in [0.25, 0.3) is 11.2 Å². The van der Waals surface area contributed by atoms with Gasteiger partial charge in [0.2, 0.25) is 0 Å². The van der Waals surface area contributed by atoms with Crippen molar-refractivity contribution in [3.63, 3.8) is 0 Å². The van der Waals surface area contributed by atoms with E-state index in [0.717, 1.165) is 28.0 Å². The van der Waals surface area contributed by atoms with E-state index < -0.39 is 89.2 Å². The van der Waals surface area contributed by atoms with Crippen LogP contribution in [0.1, 0.15) is 54.0 Å². The number of aromatic nitrogens is 6. The summed E-state index contributed by atoms with van der Waals surface area (Å²) in [5.74, 6) is -0.121. The number of anilines is 1. The second kappa shape index (κ2) is 20.1. The number of rotatable bonds is 8. The molecule has 0 saturated carbocycles. The summed E-state index contributed by atoms with van der Waals surface area (Å²) in [6.07, 6.45) is -9.56. The van der Waals surface area contributed by atoms with Crippen LogP contribution in [0.15, 0.2) is 34.5 Å². The summed E-state index contributed by atoms with van der Waals surface area (Å²) >= 11 is 0. The third-order valence-electron chi connectivity index (χ3n) is 9.38. The maximum Gasteiger partial charge on any atom is 0.472 e. The summed E-state index contributed by atoms with van der Waals surface area (Å²) in [7, 11) is -10.1. The second-order valence-electron chi connectivity index (χ2n) is 12.6. The molecule has 6 heterocycles. The van der Waals surface area contributed by atoms with E-state index in [9.17, 15) is 38.7 Å². The molecule has 316 valence electrons. The number of hydrogen-bond acceptors (Lipinski definition) is 18. The minimum absolute atomic E-state index is 0.00967. The van der Waals surface area contributed by atoms with Gasteiger partial charge in [0.1, 0.15) is 42.4 Å². The van der Waals surface area contributed by atoms with Crippen LogP contribution in [0, 0.1) is 0 Å². The van der Waals surface area contributed by atoms with Crippen LogP contribution < -0.4 is 17.0 Å². The summed E-state index contributed by atoms with van der Waals surface area (Å²) in [4.78, 5) is 63.8. The van der Waals surface area contributed by atoms with Gasteiger partial charge in [-0.2, -0.15) is 4.98 Å². The number of aliphatic hydroxyl groups is 2.